The third-order valence-electron chi connectivity index (χ3n) is 4.24. The van der Waals surface area contributed by atoms with E-state index in [4.69, 9.17) is 0 Å². The largest absolute Gasteiger partial charge is 0.478 e. The molecule has 2 aliphatic rings. The fourth-order valence-corrected chi connectivity index (χ4v) is 4.17. The van der Waals surface area contributed by atoms with E-state index in [-0.39, 0.29) is 17.1 Å². The van der Waals surface area contributed by atoms with Crippen LogP contribution in [0.4, 0.5) is 11.6 Å². The number of anilines is 2. The van der Waals surface area contributed by atoms with Crippen molar-refractivity contribution in [1.29, 1.82) is 0 Å². The molecule has 2 fully saturated rings. The maximum absolute atomic E-state index is 12.0. The van der Waals surface area contributed by atoms with Crippen molar-refractivity contribution in [2.45, 2.75) is 19.8 Å². The summed E-state index contributed by atoms with van der Waals surface area (Å²) in [6.45, 7) is 3.23. The summed E-state index contributed by atoms with van der Waals surface area (Å²) in [6, 6.07) is 2.76. The van der Waals surface area contributed by atoms with Crippen molar-refractivity contribution < 1.29 is 18.3 Å². The number of pyridine rings is 1. The number of nitrogens with one attached hydrogen (secondary N) is 1. The highest BCUT2D eigenvalue weighted by atomic mass is 32.2. The van der Waals surface area contributed by atoms with Gasteiger partial charge in [0.1, 0.15) is 11.6 Å². The number of carbonyl (C=O) groups is 1. The van der Waals surface area contributed by atoms with Crippen molar-refractivity contribution in [1.82, 2.24) is 4.98 Å². The van der Waals surface area contributed by atoms with E-state index in [1.807, 2.05) is 0 Å². The van der Waals surface area contributed by atoms with Gasteiger partial charge in [-0.05, 0) is 36.8 Å². The molecule has 1 saturated heterocycles. The van der Waals surface area contributed by atoms with Crippen molar-refractivity contribution >= 4 is 27.6 Å². The van der Waals surface area contributed by atoms with Gasteiger partial charge < -0.3 is 10.4 Å². The molecule has 120 valence electrons. The third-order valence-corrected chi connectivity index (χ3v) is 6.08. The van der Waals surface area contributed by atoms with Gasteiger partial charge in [-0.1, -0.05) is 6.92 Å². The molecule has 1 aromatic heterocycles. The summed E-state index contributed by atoms with van der Waals surface area (Å²) >= 11 is 0. The van der Waals surface area contributed by atoms with Gasteiger partial charge in [-0.25, -0.2) is 18.2 Å². The van der Waals surface area contributed by atoms with Gasteiger partial charge in [-0.3, -0.25) is 4.31 Å². The number of rotatable bonds is 5. The molecular formula is C14H19N3O4S. The van der Waals surface area contributed by atoms with Crippen LogP contribution >= 0.6 is 0 Å². The summed E-state index contributed by atoms with van der Waals surface area (Å²) in [7, 11) is -3.38. The first-order valence-corrected chi connectivity index (χ1v) is 8.97. The van der Waals surface area contributed by atoms with Gasteiger partial charge in [-0.2, -0.15) is 0 Å². The Balaban J connectivity index is 1.88. The summed E-state index contributed by atoms with van der Waals surface area (Å²) in [6.07, 6.45) is 1.68. The van der Waals surface area contributed by atoms with Crippen LogP contribution in [0.3, 0.4) is 0 Å². The number of carboxylic acids is 1. The molecule has 1 aromatic rings. The molecule has 1 saturated carbocycles. The Labute approximate surface area is 129 Å². The molecule has 2 atom stereocenters. The van der Waals surface area contributed by atoms with E-state index >= 15 is 0 Å². The number of nitrogens with zero attached hydrogens (tertiary/aromatic N) is 2. The molecule has 2 heterocycles. The zero-order valence-electron chi connectivity index (χ0n) is 12.3. The quantitative estimate of drug-likeness (QED) is 0.848. The Kier molecular flexibility index (Phi) is 3.72. The lowest BCUT2D eigenvalue weighted by molar-refractivity contribution is 0.0697. The van der Waals surface area contributed by atoms with Crippen LogP contribution in [0.5, 0.6) is 0 Å². The average molecular weight is 325 g/mol. The third kappa shape index (κ3) is 3.01. The van der Waals surface area contributed by atoms with Crippen molar-refractivity contribution in [3.8, 4) is 0 Å². The maximum atomic E-state index is 12.0. The van der Waals surface area contributed by atoms with Crippen LogP contribution in [0.25, 0.3) is 0 Å². The van der Waals surface area contributed by atoms with Crippen LogP contribution in [0.15, 0.2) is 12.1 Å². The van der Waals surface area contributed by atoms with E-state index in [0.717, 1.165) is 13.0 Å². The second kappa shape index (κ2) is 5.42. The first kappa shape index (κ1) is 15.1. The summed E-state index contributed by atoms with van der Waals surface area (Å²) in [5, 5.41) is 12.3. The molecule has 0 amide bonds. The molecule has 1 aliphatic carbocycles. The van der Waals surface area contributed by atoms with Gasteiger partial charge in [0.2, 0.25) is 10.0 Å². The van der Waals surface area contributed by atoms with Crippen LogP contribution in [0.2, 0.25) is 0 Å². The minimum absolute atomic E-state index is 0.0402. The molecule has 0 bridgehead atoms. The smallest absolute Gasteiger partial charge is 0.335 e. The molecule has 0 spiro atoms. The minimum Gasteiger partial charge on any atom is -0.478 e. The van der Waals surface area contributed by atoms with Gasteiger partial charge in [0, 0.05) is 13.1 Å². The van der Waals surface area contributed by atoms with Gasteiger partial charge in [0.25, 0.3) is 0 Å². The zero-order chi connectivity index (χ0) is 15.9. The Bertz CT molecular complexity index is 704. The second-order valence-corrected chi connectivity index (χ2v) is 8.01. The average Bonchev–Trinajstić information content (AvgIpc) is 3.04. The number of hydrogen-bond donors (Lipinski definition) is 2. The second-order valence-electron chi connectivity index (χ2n) is 6.00. The van der Waals surface area contributed by atoms with Crippen molar-refractivity contribution in [3.05, 3.63) is 17.7 Å². The Morgan fingerprint density at radius 2 is 2.23 bits per heavy atom. The summed E-state index contributed by atoms with van der Waals surface area (Å²) < 4.78 is 25.2. The lowest BCUT2D eigenvalue weighted by Gasteiger charge is -2.17. The van der Waals surface area contributed by atoms with Crippen LogP contribution in [0, 0.1) is 11.8 Å². The highest BCUT2D eigenvalue weighted by Gasteiger charge is 2.33. The molecule has 0 aromatic carbocycles. The summed E-state index contributed by atoms with van der Waals surface area (Å²) in [5.74, 6) is 0.833. The lowest BCUT2D eigenvalue weighted by Crippen LogP contribution is -2.26. The predicted molar refractivity (Wildman–Crippen MR) is 82.7 cm³/mol. The Morgan fingerprint density at radius 1 is 1.50 bits per heavy atom. The molecular weight excluding hydrogens is 306 g/mol. The molecule has 1 aliphatic heterocycles. The monoisotopic (exact) mass is 325 g/mol. The topological polar surface area (TPSA) is 99.6 Å². The molecule has 22 heavy (non-hydrogen) atoms. The van der Waals surface area contributed by atoms with Gasteiger partial charge in [0.15, 0.2) is 0 Å². The van der Waals surface area contributed by atoms with Crippen LogP contribution < -0.4 is 9.62 Å². The zero-order valence-corrected chi connectivity index (χ0v) is 13.1. The molecule has 3 rings (SSSR count). The number of aromatic nitrogens is 1. The van der Waals surface area contributed by atoms with E-state index in [1.54, 1.807) is 0 Å². The molecule has 2 unspecified atom stereocenters. The van der Waals surface area contributed by atoms with Crippen LogP contribution in [0.1, 0.15) is 30.1 Å². The number of aromatic carboxylic acids is 1. The van der Waals surface area contributed by atoms with Crippen LogP contribution in [-0.4, -0.2) is 43.3 Å². The van der Waals surface area contributed by atoms with Gasteiger partial charge >= 0.3 is 5.97 Å². The maximum Gasteiger partial charge on any atom is 0.335 e. The highest BCUT2D eigenvalue weighted by molar-refractivity contribution is 7.93. The Hall–Kier alpha value is -1.83. The lowest BCUT2D eigenvalue weighted by atomic mass is 10.2. The van der Waals surface area contributed by atoms with E-state index in [1.165, 1.54) is 16.4 Å². The SMILES string of the molecule is CC1CC1CNc1cc(C(=O)O)cc(N2CCCS2(=O)=O)n1. The normalized spacial score (nSPS) is 26.0. The number of carboxylic acid groups (broad SMARTS) is 1. The first-order chi connectivity index (χ1) is 10.4. The highest BCUT2D eigenvalue weighted by Crippen LogP contribution is 2.37. The molecule has 7 nitrogen and oxygen atoms in total. The minimum atomic E-state index is -3.38. The summed E-state index contributed by atoms with van der Waals surface area (Å²) in [4.78, 5) is 15.6. The Morgan fingerprint density at radius 3 is 2.77 bits per heavy atom. The van der Waals surface area contributed by atoms with Gasteiger partial charge in [0.05, 0.1) is 11.3 Å². The van der Waals surface area contributed by atoms with Gasteiger partial charge in [-0.15, -0.1) is 0 Å². The van der Waals surface area contributed by atoms with E-state index < -0.39 is 16.0 Å². The number of hydrogen-bond acceptors (Lipinski definition) is 5. The summed E-state index contributed by atoms with van der Waals surface area (Å²) in [5.41, 5.74) is 0.0402. The molecule has 0 radical (unpaired) electrons. The number of sulfonamides is 1. The first-order valence-electron chi connectivity index (χ1n) is 7.36. The fraction of sp³-hybridized carbons (Fsp3) is 0.571. The van der Waals surface area contributed by atoms with Crippen LogP contribution in [-0.2, 0) is 10.0 Å². The standard InChI is InChI=1S/C14H19N3O4S/c1-9-5-11(9)8-15-12-6-10(14(18)19)7-13(16-12)17-3-2-4-22(17,20)21/h6-7,9,11H,2-5,8H2,1H3,(H,15,16)(H,18,19). The van der Waals surface area contributed by atoms with Crippen molar-refractivity contribution in [3.63, 3.8) is 0 Å². The molecule has 2 N–H and O–H groups in total. The van der Waals surface area contributed by atoms with Crippen molar-refractivity contribution in [2.24, 2.45) is 11.8 Å². The van der Waals surface area contributed by atoms with E-state index in [0.29, 0.717) is 30.6 Å². The fourth-order valence-electron chi connectivity index (χ4n) is 2.67. The van der Waals surface area contributed by atoms with Crippen molar-refractivity contribution in [2.75, 3.05) is 28.5 Å². The predicted octanol–water partition coefficient (Wildman–Crippen LogP) is 1.39. The molecule has 8 heteroatoms. The van der Waals surface area contributed by atoms with E-state index in [2.05, 4.69) is 17.2 Å². The van der Waals surface area contributed by atoms with E-state index in [9.17, 15) is 18.3 Å².